The fourth-order valence-electron chi connectivity index (χ4n) is 12.5. The van der Waals surface area contributed by atoms with Crippen molar-refractivity contribution in [2.45, 2.75) is 103 Å². The molecule has 0 atom stereocenters. The zero-order chi connectivity index (χ0) is 86.5. The number of hydrogen-bond acceptors (Lipinski definition) is 27. The molecule has 121 heavy (non-hydrogen) atoms. The summed E-state index contributed by atoms with van der Waals surface area (Å²) in [5.74, 6) is -0.221. The molecule has 0 amide bonds. The first kappa shape index (κ1) is 89.1. The number of carbonyl (C=O) groups excluding carboxylic acids is 2. The highest BCUT2D eigenvalue weighted by Crippen LogP contribution is 2.49. The number of methoxy groups -OCH3 is 2. The highest BCUT2D eigenvalue weighted by atomic mass is 32.2. The first-order chi connectivity index (χ1) is 57.7. The summed E-state index contributed by atoms with van der Waals surface area (Å²) in [5.41, 5.74) is 11.1. The third kappa shape index (κ3) is 27.4. The van der Waals surface area contributed by atoms with E-state index >= 15 is 0 Å². The number of thioether (sulfide) groups is 2. The van der Waals surface area contributed by atoms with Gasteiger partial charge in [0.05, 0.1) is 91.6 Å². The number of anilines is 5. The Hall–Kier alpha value is -12.7. The summed E-state index contributed by atoms with van der Waals surface area (Å²) in [5, 5.41) is 43.9. The molecular formula is C78H79FN20O16S6. The molecule has 2 aliphatic rings. The smallest absolute Gasteiger partial charge is 0.380 e. The summed E-state index contributed by atoms with van der Waals surface area (Å²) in [6, 6.07) is 52.0. The van der Waals surface area contributed by atoms with Crippen molar-refractivity contribution in [3.8, 4) is 17.9 Å². The molecule has 2 fully saturated rings. The van der Waals surface area contributed by atoms with Gasteiger partial charge in [-0.15, -0.1) is 23.5 Å². The number of hydrogen-bond donors (Lipinski definition) is 8. The first-order valence-electron chi connectivity index (χ1n) is 36.3. The van der Waals surface area contributed by atoms with E-state index in [9.17, 15) is 58.2 Å². The molecule has 0 radical (unpaired) electrons. The molecule has 12 aromatic rings. The SMILES string of the molecule is COC(=O)c1cc(Cn2cncn2)cc(N(C)Cc2ccc(NS(=O)(=O)O)cc2)c1.COC(=O)c1cc(Cn2cncn2)cc(NCc2ccc(NS(=O)(=O)O)c(F)c2)c1.N#CC1(c2cc(CSc3ccc(NS(=O)(=O)O)cc3)cc(Cn3cncn3)c2)CCC1.N#CC1(c2cc(CSc3ccc(OS(N)(=O)=O)cc3)cc(Cn3cncn3)c2)CC1. The molecule has 43 heteroatoms. The van der Waals surface area contributed by atoms with Crippen molar-refractivity contribution in [2.24, 2.45) is 5.14 Å². The minimum absolute atomic E-state index is 0.170. The lowest BCUT2D eigenvalue weighted by atomic mass is 9.65. The van der Waals surface area contributed by atoms with E-state index < -0.39 is 64.4 Å². The number of nitrogens with two attached hydrogens (primary N) is 1. The number of halogens is 1. The van der Waals surface area contributed by atoms with Gasteiger partial charge >= 0.3 is 53.2 Å². The number of benzene rings is 8. The number of carbonyl (C=O) groups is 2. The maximum Gasteiger partial charge on any atom is 0.380 e. The van der Waals surface area contributed by atoms with Gasteiger partial charge in [-0.25, -0.2) is 52.6 Å². The van der Waals surface area contributed by atoms with Crippen molar-refractivity contribution >= 4 is 105 Å². The zero-order valence-electron chi connectivity index (χ0n) is 64.7. The molecule has 4 aromatic heterocycles. The van der Waals surface area contributed by atoms with Crippen LogP contribution in [-0.2, 0) is 112 Å². The highest BCUT2D eigenvalue weighted by Gasteiger charge is 2.45. The van der Waals surface area contributed by atoms with E-state index in [2.05, 4.69) is 98.4 Å². The van der Waals surface area contributed by atoms with Crippen LogP contribution in [0.15, 0.2) is 224 Å². The summed E-state index contributed by atoms with van der Waals surface area (Å²) in [6.07, 6.45) is 16.9. The van der Waals surface area contributed by atoms with Gasteiger partial charge in [-0.05, 0) is 197 Å². The Morgan fingerprint density at radius 1 is 0.504 bits per heavy atom. The van der Waals surface area contributed by atoms with Gasteiger partial charge in [0.2, 0.25) is 0 Å². The Labute approximate surface area is 704 Å². The van der Waals surface area contributed by atoms with E-state index in [-0.39, 0.29) is 29.1 Å². The molecule has 630 valence electrons. The molecular weight excluding hydrogens is 1680 g/mol. The van der Waals surface area contributed by atoms with Gasteiger partial charge in [0.15, 0.2) is 0 Å². The molecule has 0 aliphatic heterocycles. The van der Waals surface area contributed by atoms with Crippen LogP contribution in [0, 0.1) is 28.5 Å². The van der Waals surface area contributed by atoms with Crippen LogP contribution >= 0.6 is 23.5 Å². The standard InChI is InChI=1S/C21H21N5O3S2.C20H19N5O3S2.C19H21N5O5S.C18H18FN5O5S/c22-13-21(6-1-7-21)18-9-16(11-26-15-23-14-24-26)8-17(10-18)12-30-20-4-2-19(3-5-20)25-31(27,28)29;21-12-20(5-6-20)17-8-15(10-25-14-23-13-24-25)7-16(9-17)11-29-19-3-1-18(2-4-19)28-30(22,26)27;1-23(10-14-3-5-17(6-4-14)22-30(26,27)28)18-8-15(11-24-13-20-12-21-24)7-16(9-18)19(25)29-2;1-29-18(25)14-4-13(9-24-11-20-10-22-24)5-15(7-14)21-8-12-2-3-17(16(19)6-12)23-30(26,27)28/h2-5,8-10,14-15,25H,1,6-7,11-12H2,(H,27,28,29);1-4,7-9,13-14H,5-6,10-11H2,(H2,22,26,27);3-9,12-13,22H,10-11H2,1-2H3,(H,26,27,28);2-7,10-11,21,23H,8-9H2,1H3,(H,26,27,28). The van der Waals surface area contributed by atoms with Crippen LogP contribution in [0.25, 0.3) is 0 Å². The Kier molecular flexibility index (Phi) is 29.4. The van der Waals surface area contributed by atoms with Crippen LogP contribution in [0.2, 0.25) is 0 Å². The normalized spacial score (nSPS) is 13.1. The van der Waals surface area contributed by atoms with Crippen molar-refractivity contribution in [1.29, 1.82) is 10.5 Å². The van der Waals surface area contributed by atoms with Gasteiger partial charge < -0.3 is 23.9 Å². The van der Waals surface area contributed by atoms with Gasteiger partial charge in [0, 0.05) is 52.8 Å². The topological polar surface area (TPSA) is 507 Å². The fourth-order valence-corrected chi connectivity index (χ4v) is 15.8. The molecule has 0 bridgehead atoms. The summed E-state index contributed by atoms with van der Waals surface area (Å²) in [6.45, 7) is 2.69. The molecule has 0 unspecified atom stereocenters. The molecule has 0 spiro atoms. The third-order valence-electron chi connectivity index (χ3n) is 18.4. The lowest BCUT2D eigenvalue weighted by molar-refractivity contribution is 0.0592. The van der Waals surface area contributed by atoms with E-state index in [4.69, 9.17) is 28.3 Å². The maximum absolute atomic E-state index is 14.1. The van der Waals surface area contributed by atoms with Crippen LogP contribution in [0.1, 0.15) is 108 Å². The van der Waals surface area contributed by atoms with Gasteiger partial charge in [-0.2, -0.15) is 69.7 Å². The van der Waals surface area contributed by atoms with Crippen LogP contribution < -0.4 is 33.7 Å². The highest BCUT2D eigenvalue weighted by molar-refractivity contribution is 7.98. The average molecular weight is 1760 g/mol. The van der Waals surface area contributed by atoms with Crippen LogP contribution in [0.3, 0.4) is 0 Å². The summed E-state index contributed by atoms with van der Waals surface area (Å²) < 4.78 is 155. The Morgan fingerprint density at radius 3 is 1.31 bits per heavy atom. The van der Waals surface area contributed by atoms with E-state index in [1.165, 1.54) is 51.7 Å². The molecule has 4 heterocycles. The maximum atomic E-state index is 14.1. The van der Waals surface area contributed by atoms with Gasteiger partial charge in [0.25, 0.3) is 0 Å². The minimum atomic E-state index is -4.57. The van der Waals surface area contributed by atoms with E-state index in [1.54, 1.807) is 175 Å². The van der Waals surface area contributed by atoms with Crippen molar-refractivity contribution in [2.75, 3.05) is 45.7 Å². The number of aromatic nitrogens is 12. The van der Waals surface area contributed by atoms with E-state index in [0.717, 1.165) is 104 Å². The quantitative estimate of drug-likeness (QED) is 0.0110. The molecule has 0 saturated heterocycles. The fraction of sp³-hybridized carbons (Fsp3) is 0.231. The molecule has 8 aromatic carbocycles. The average Bonchev–Trinajstić information content (AvgIpc) is 1.51. The number of ether oxygens (including phenoxy) is 2. The second-order valence-corrected chi connectivity index (χ2v) is 34.3. The second-order valence-electron chi connectivity index (χ2n) is 27.6. The first-order valence-corrected chi connectivity index (χ1v) is 44.0. The number of rotatable bonds is 32. The van der Waals surface area contributed by atoms with Gasteiger partial charge in [-0.3, -0.25) is 27.8 Å². The van der Waals surface area contributed by atoms with E-state index in [1.807, 2.05) is 27.5 Å². The van der Waals surface area contributed by atoms with Crippen LogP contribution in [0.5, 0.6) is 5.75 Å². The molecule has 36 nitrogen and oxygen atoms in total. The minimum Gasteiger partial charge on any atom is -0.465 e. The number of nitrogens with one attached hydrogen (secondary N) is 4. The second kappa shape index (κ2) is 39.9. The molecule has 2 aliphatic carbocycles. The summed E-state index contributed by atoms with van der Waals surface area (Å²) >= 11 is 3.22. The molecule has 2 saturated carbocycles. The molecule has 14 rings (SSSR count). The zero-order valence-corrected chi connectivity index (χ0v) is 69.6. The summed E-state index contributed by atoms with van der Waals surface area (Å²) in [7, 11) is -12.7. The predicted molar refractivity (Wildman–Crippen MR) is 446 cm³/mol. The summed E-state index contributed by atoms with van der Waals surface area (Å²) in [4.78, 5) is 43.7. The van der Waals surface area contributed by atoms with E-state index in [0.29, 0.717) is 72.3 Å². The third-order valence-corrected chi connectivity index (χ3v) is 22.5. The Morgan fingerprint density at radius 2 is 0.917 bits per heavy atom. The number of esters is 2. The van der Waals surface area contributed by atoms with Crippen molar-refractivity contribution in [1.82, 2.24) is 59.1 Å². The van der Waals surface area contributed by atoms with Crippen LogP contribution in [0.4, 0.5) is 32.8 Å². The predicted octanol–water partition coefficient (Wildman–Crippen LogP) is 10.6. The molecule has 9 N–H and O–H groups in total. The van der Waals surface area contributed by atoms with Crippen molar-refractivity contribution in [3.05, 3.63) is 287 Å². The van der Waals surface area contributed by atoms with Crippen LogP contribution in [-0.4, -0.2) is 140 Å². The number of nitrogens with zero attached hydrogens (tertiary/aromatic N) is 15. The lowest BCUT2D eigenvalue weighted by Gasteiger charge is -2.36. The van der Waals surface area contributed by atoms with Crippen molar-refractivity contribution < 1.29 is 75.0 Å². The monoisotopic (exact) mass is 1760 g/mol. The number of nitriles is 2. The lowest BCUT2D eigenvalue weighted by Crippen LogP contribution is -2.32. The van der Waals surface area contributed by atoms with Gasteiger partial charge in [-0.1, -0.05) is 54.6 Å². The Balaban J connectivity index is 0.000000158. The van der Waals surface area contributed by atoms with Crippen molar-refractivity contribution in [3.63, 3.8) is 0 Å². The Bertz CT molecular complexity index is 6150. The van der Waals surface area contributed by atoms with Gasteiger partial charge in [0.1, 0.15) is 62.2 Å². The largest absolute Gasteiger partial charge is 0.465 e.